The van der Waals surface area contributed by atoms with Crippen LogP contribution in [-0.4, -0.2) is 37.5 Å². The second kappa shape index (κ2) is 13.5. The molecule has 4 heteroatoms. The van der Waals surface area contributed by atoms with Crippen molar-refractivity contribution in [3.63, 3.8) is 0 Å². The summed E-state index contributed by atoms with van der Waals surface area (Å²) in [7, 11) is 0. The average molecular weight is 369 g/mol. The maximum atomic E-state index is 12.2. The van der Waals surface area contributed by atoms with Gasteiger partial charge in [0.15, 0.2) is 0 Å². The molecule has 0 amide bonds. The average Bonchev–Trinajstić information content (AvgIpc) is 3.34. The van der Waals surface area contributed by atoms with Crippen LogP contribution in [0.3, 0.4) is 0 Å². The predicted octanol–water partition coefficient (Wildman–Crippen LogP) is 5.57. The van der Waals surface area contributed by atoms with E-state index in [1.54, 1.807) is 0 Å². The molecule has 0 aliphatic carbocycles. The second-order valence-corrected chi connectivity index (χ2v) is 8.05. The molecule has 152 valence electrons. The van der Waals surface area contributed by atoms with Crippen LogP contribution >= 0.6 is 0 Å². The lowest BCUT2D eigenvalue weighted by atomic mass is 10.0. The maximum absolute atomic E-state index is 12.2. The van der Waals surface area contributed by atoms with Crippen molar-refractivity contribution in [3.05, 3.63) is 0 Å². The molecule has 2 fully saturated rings. The van der Waals surface area contributed by atoms with E-state index in [1.165, 1.54) is 38.5 Å². The van der Waals surface area contributed by atoms with Gasteiger partial charge in [0.1, 0.15) is 6.10 Å². The normalized spacial score (nSPS) is 23.0. The van der Waals surface area contributed by atoms with Gasteiger partial charge in [-0.1, -0.05) is 39.0 Å². The minimum absolute atomic E-state index is 0.00910. The SMILES string of the molecule is CCCCCCCCC(=O)OC(CC[C@@H]1CCCO1)CC[C@@H]1CCCO1. The molecule has 0 bridgehead atoms. The third kappa shape index (κ3) is 9.36. The van der Waals surface area contributed by atoms with E-state index in [2.05, 4.69) is 6.92 Å². The second-order valence-electron chi connectivity index (χ2n) is 8.05. The lowest BCUT2D eigenvalue weighted by Gasteiger charge is -2.21. The Balaban J connectivity index is 1.64. The van der Waals surface area contributed by atoms with Crippen molar-refractivity contribution >= 4 is 5.97 Å². The molecule has 2 rings (SSSR count). The zero-order chi connectivity index (χ0) is 18.5. The van der Waals surface area contributed by atoms with Crippen LogP contribution in [0.2, 0.25) is 0 Å². The molecule has 0 aromatic heterocycles. The summed E-state index contributed by atoms with van der Waals surface area (Å²) in [5.74, 6) is -0.00910. The molecule has 0 radical (unpaired) electrons. The van der Waals surface area contributed by atoms with E-state index >= 15 is 0 Å². The summed E-state index contributed by atoms with van der Waals surface area (Å²) in [6.07, 6.45) is 17.1. The summed E-state index contributed by atoms with van der Waals surface area (Å²) in [4.78, 5) is 12.2. The molecule has 0 saturated carbocycles. The molecule has 4 nitrogen and oxygen atoms in total. The third-order valence-corrected chi connectivity index (χ3v) is 5.70. The quantitative estimate of drug-likeness (QED) is 0.297. The van der Waals surface area contributed by atoms with E-state index in [9.17, 15) is 4.79 Å². The molecule has 26 heavy (non-hydrogen) atoms. The Labute approximate surface area is 160 Å². The number of hydrogen-bond donors (Lipinski definition) is 0. The van der Waals surface area contributed by atoms with Crippen molar-refractivity contribution in [3.8, 4) is 0 Å². The molecule has 0 N–H and O–H groups in total. The molecule has 2 saturated heterocycles. The Bertz CT molecular complexity index is 339. The highest BCUT2D eigenvalue weighted by molar-refractivity contribution is 5.69. The molecule has 2 atom stereocenters. The summed E-state index contributed by atoms with van der Waals surface area (Å²) in [5.41, 5.74) is 0. The molecule has 2 aliphatic rings. The molecule has 2 aliphatic heterocycles. The first-order chi connectivity index (χ1) is 12.8. The first-order valence-electron chi connectivity index (χ1n) is 11.2. The Morgan fingerprint density at radius 1 is 0.923 bits per heavy atom. The van der Waals surface area contributed by atoms with Gasteiger partial charge in [-0.25, -0.2) is 0 Å². The fourth-order valence-electron chi connectivity index (χ4n) is 4.04. The highest BCUT2D eigenvalue weighted by atomic mass is 16.5. The monoisotopic (exact) mass is 368 g/mol. The van der Waals surface area contributed by atoms with Gasteiger partial charge in [0.25, 0.3) is 0 Å². The van der Waals surface area contributed by atoms with Crippen LogP contribution in [-0.2, 0) is 19.0 Å². The molecular weight excluding hydrogens is 328 g/mol. The van der Waals surface area contributed by atoms with Crippen molar-refractivity contribution in [1.29, 1.82) is 0 Å². The van der Waals surface area contributed by atoms with Crippen molar-refractivity contribution < 1.29 is 19.0 Å². The van der Waals surface area contributed by atoms with Crippen molar-refractivity contribution in [2.75, 3.05) is 13.2 Å². The highest BCUT2D eigenvalue weighted by Crippen LogP contribution is 2.24. The first kappa shape index (κ1) is 21.7. The number of hydrogen-bond acceptors (Lipinski definition) is 4. The van der Waals surface area contributed by atoms with Crippen LogP contribution in [0, 0.1) is 0 Å². The van der Waals surface area contributed by atoms with Crippen molar-refractivity contribution in [1.82, 2.24) is 0 Å². The zero-order valence-corrected chi connectivity index (χ0v) is 16.9. The van der Waals surface area contributed by atoms with Crippen LogP contribution in [0.15, 0.2) is 0 Å². The maximum Gasteiger partial charge on any atom is 0.306 e. The lowest BCUT2D eigenvalue weighted by molar-refractivity contribution is -0.150. The fraction of sp³-hybridized carbons (Fsp3) is 0.955. The molecule has 0 spiro atoms. The predicted molar refractivity (Wildman–Crippen MR) is 104 cm³/mol. The Morgan fingerprint density at radius 2 is 1.50 bits per heavy atom. The summed E-state index contributed by atoms with van der Waals surface area (Å²) in [6.45, 7) is 4.01. The summed E-state index contributed by atoms with van der Waals surface area (Å²) in [6, 6.07) is 0. The van der Waals surface area contributed by atoms with Gasteiger partial charge in [0, 0.05) is 19.6 Å². The van der Waals surface area contributed by atoms with Gasteiger partial charge < -0.3 is 14.2 Å². The molecular formula is C22H40O4. The highest BCUT2D eigenvalue weighted by Gasteiger charge is 2.23. The number of esters is 1. The Kier molecular flexibility index (Phi) is 11.3. The van der Waals surface area contributed by atoms with Crippen LogP contribution in [0.4, 0.5) is 0 Å². The number of carbonyl (C=O) groups excluding carboxylic acids is 1. The number of rotatable bonds is 14. The minimum atomic E-state index is -0.00910. The van der Waals surface area contributed by atoms with E-state index in [-0.39, 0.29) is 12.1 Å². The topological polar surface area (TPSA) is 44.8 Å². The molecule has 0 unspecified atom stereocenters. The van der Waals surface area contributed by atoms with E-state index < -0.39 is 0 Å². The summed E-state index contributed by atoms with van der Waals surface area (Å²) in [5, 5.41) is 0. The fourth-order valence-corrected chi connectivity index (χ4v) is 4.04. The largest absolute Gasteiger partial charge is 0.462 e. The van der Waals surface area contributed by atoms with Gasteiger partial charge in [0.2, 0.25) is 0 Å². The first-order valence-corrected chi connectivity index (χ1v) is 11.2. The van der Waals surface area contributed by atoms with Crippen LogP contribution in [0.1, 0.15) is 103 Å². The minimum Gasteiger partial charge on any atom is -0.462 e. The molecule has 0 aromatic carbocycles. The van der Waals surface area contributed by atoms with E-state index in [0.29, 0.717) is 18.6 Å². The Morgan fingerprint density at radius 3 is 2.04 bits per heavy atom. The van der Waals surface area contributed by atoms with Gasteiger partial charge in [-0.2, -0.15) is 0 Å². The summed E-state index contributed by atoms with van der Waals surface area (Å²) < 4.78 is 17.3. The molecule has 2 heterocycles. The van der Waals surface area contributed by atoms with Gasteiger partial charge >= 0.3 is 5.97 Å². The summed E-state index contributed by atoms with van der Waals surface area (Å²) >= 11 is 0. The number of unbranched alkanes of at least 4 members (excludes halogenated alkanes) is 5. The lowest BCUT2D eigenvalue weighted by Crippen LogP contribution is -2.22. The number of carbonyl (C=O) groups is 1. The smallest absolute Gasteiger partial charge is 0.306 e. The van der Waals surface area contributed by atoms with Gasteiger partial charge in [-0.15, -0.1) is 0 Å². The van der Waals surface area contributed by atoms with Crippen molar-refractivity contribution in [2.24, 2.45) is 0 Å². The standard InChI is InChI=1S/C22H40O4/c1-2-3-4-5-6-7-12-22(23)26-21(15-13-19-10-8-17-24-19)16-14-20-11-9-18-25-20/h19-21H,2-18H2,1H3/t19-,20-/m0/s1. The zero-order valence-electron chi connectivity index (χ0n) is 16.9. The van der Waals surface area contributed by atoms with E-state index in [4.69, 9.17) is 14.2 Å². The van der Waals surface area contributed by atoms with Crippen LogP contribution < -0.4 is 0 Å². The van der Waals surface area contributed by atoms with Crippen LogP contribution in [0.5, 0.6) is 0 Å². The Hall–Kier alpha value is -0.610. The van der Waals surface area contributed by atoms with E-state index in [0.717, 1.165) is 64.6 Å². The van der Waals surface area contributed by atoms with Gasteiger partial charge in [0.05, 0.1) is 12.2 Å². The van der Waals surface area contributed by atoms with Crippen molar-refractivity contribution in [2.45, 2.75) is 122 Å². The van der Waals surface area contributed by atoms with E-state index in [1.807, 2.05) is 0 Å². The third-order valence-electron chi connectivity index (χ3n) is 5.70. The van der Waals surface area contributed by atoms with Gasteiger partial charge in [-0.05, 0) is 57.8 Å². The van der Waals surface area contributed by atoms with Gasteiger partial charge in [-0.3, -0.25) is 4.79 Å². The number of ether oxygens (including phenoxy) is 3. The van der Waals surface area contributed by atoms with Crippen LogP contribution in [0.25, 0.3) is 0 Å². The molecule has 0 aromatic rings.